The number of carbonyl (C=O) groups is 1. The van der Waals surface area contributed by atoms with Crippen molar-refractivity contribution in [3.8, 4) is 5.75 Å². The van der Waals surface area contributed by atoms with Crippen molar-refractivity contribution in [1.29, 1.82) is 0 Å². The zero-order chi connectivity index (χ0) is 21.9. The van der Waals surface area contributed by atoms with Crippen LogP contribution in [-0.4, -0.2) is 11.0 Å². The van der Waals surface area contributed by atoms with Crippen LogP contribution in [-0.2, 0) is 11.2 Å². The first kappa shape index (κ1) is 25.5. The minimum atomic E-state index is -0.220. The second-order valence-corrected chi connectivity index (χ2v) is 7.66. The Morgan fingerprint density at radius 3 is 1.97 bits per heavy atom. The summed E-state index contributed by atoms with van der Waals surface area (Å²) in [5.74, 6) is 0.135. The number of carbonyl (C=O) groups excluding carboxylic acids is 1. The van der Waals surface area contributed by atoms with E-state index in [2.05, 4.69) is 55.5 Å². The van der Waals surface area contributed by atoms with Gasteiger partial charge in [-0.3, -0.25) is 4.79 Å². The van der Waals surface area contributed by atoms with E-state index in [1.807, 2.05) is 12.1 Å². The number of nitrogens with two attached hydrogens (primary N) is 1. The Kier molecular flexibility index (Phi) is 14.7. The third-order valence-electron chi connectivity index (χ3n) is 4.92. The van der Waals surface area contributed by atoms with E-state index < -0.39 is 0 Å². The second kappa shape index (κ2) is 17.3. The molecule has 0 fully saturated rings. The van der Waals surface area contributed by atoms with Crippen LogP contribution in [0.2, 0.25) is 0 Å². The quantitative estimate of drug-likeness (QED) is 0.231. The van der Waals surface area contributed by atoms with Gasteiger partial charge >= 0.3 is 0 Å². The van der Waals surface area contributed by atoms with Crippen molar-refractivity contribution in [2.75, 3.05) is 0 Å². The molecular weight excluding hydrogens is 370 g/mol. The van der Waals surface area contributed by atoms with Crippen LogP contribution in [0.4, 0.5) is 0 Å². The predicted molar refractivity (Wildman–Crippen MR) is 128 cm³/mol. The van der Waals surface area contributed by atoms with Crippen molar-refractivity contribution < 1.29 is 9.90 Å². The van der Waals surface area contributed by atoms with Crippen molar-refractivity contribution in [3.63, 3.8) is 0 Å². The molecule has 3 heteroatoms. The highest BCUT2D eigenvalue weighted by Crippen LogP contribution is 2.18. The third kappa shape index (κ3) is 14.4. The van der Waals surface area contributed by atoms with Crippen molar-refractivity contribution in [3.05, 3.63) is 77.9 Å². The van der Waals surface area contributed by atoms with Crippen molar-refractivity contribution >= 4 is 5.91 Å². The molecule has 3 nitrogen and oxygen atoms in total. The number of rotatable bonds is 16. The molecule has 0 unspecified atom stereocenters. The van der Waals surface area contributed by atoms with Gasteiger partial charge in [0.05, 0.1) is 0 Å². The molecule has 1 aromatic rings. The summed E-state index contributed by atoms with van der Waals surface area (Å²) >= 11 is 0. The van der Waals surface area contributed by atoms with Crippen LogP contribution in [0.1, 0.15) is 75.3 Å². The Morgan fingerprint density at radius 2 is 1.40 bits per heavy atom. The number of unbranched alkanes of at least 4 members (excludes halogenated alkanes) is 4. The van der Waals surface area contributed by atoms with Gasteiger partial charge < -0.3 is 10.8 Å². The molecule has 0 saturated carbocycles. The Bertz CT molecular complexity index is 714. The van der Waals surface area contributed by atoms with Gasteiger partial charge in [0.25, 0.3) is 0 Å². The Balaban J connectivity index is 1.95. The van der Waals surface area contributed by atoms with E-state index in [0.717, 1.165) is 44.9 Å². The molecule has 0 aliphatic heterocycles. The Labute approximate surface area is 183 Å². The maximum absolute atomic E-state index is 10.6. The van der Waals surface area contributed by atoms with Crippen LogP contribution < -0.4 is 5.73 Å². The highest BCUT2D eigenvalue weighted by atomic mass is 16.3. The lowest BCUT2D eigenvalue weighted by Crippen LogP contribution is -2.09. The van der Waals surface area contributed by atoms with E-state index in [1.54, 1.807) is 6.07 Å². The monoisotopic (exact) mass is 409 g/mol. The van der Waals surface area contributed by atoms with Crippen LogP contribution in [0.3, 0.4) is 0 Å². The average molecular weight is 410 g/mol. The Hall–Kier alpha value is -2.55. The number of hydrogen-bond acceptors (Lipinski definition) is 2. The topological polar surface area (TPSA) is 63.3 Å². The van der Waals surface area contributed by atoms with E-state index >= 15 is 0 Å². The molecule has 0 aromatic heterocycles. The molecule has 30 heavy (non-hydrogen) atoms. The van der Waals surface area contributed by atoms with E-state index in [0.29, 0.717) is 12.2 Å². The summed E-state index contributed by atoms with van der Waals surface area (Å²) in [6.07, 6.45) is 28.6. The minimum Gasteiger partial charge on any atom is -0.508 e. The summed E-state index contributed by atoms with van der Waals surface area (Å²) in [5, 5.41) is 9.45. The lowest BCUT2D eigenvalue weighted by atomic mass is 10.0. The minimum absolute atomic E-state index is 0.220. The second-order valence-electron chi connectivity index (χ2n) is 7.66. The molecule has 1 rings (SSSR count). The van der Waals surface area contributed by atoms with Gasteiger partial charge in [0.2, 0.25) is 5.91 Å². The number of amides is 1. The molecule has 0 aliphatic carbocycles. The zero-order valence-electron chi connectivity index (χ0n) is 18.6. The fourth-order valence-electron chi connectivity index (χ4n) is 3.16. The van der Waals surface area contributed by atoms with Crippen LogP contribution in [0.25, 0.3) is 0 Å². The Morgan fingerprint density at radius 1 is 0.833 bits per heavy atom. The standard InChI is InChI=1S/C27H39NO2/c1-24-23-26(29)22-21-25(24)19-17-15-13-11-9-7-5-3-2-4-6-8-10-12-14-16-18-20-27(28)30/h2-3,6-9,12,14,21-23,29H,4-5,10-11,13,15-20H2,1H3,(H2,28,30)/b3-2-,8-6-,9-7-,14-12-. The highest BCUT2D eigenvalue weighted by Gasteiger charge is 1.99. The van der Waals surface area contributed by atoms with Gasteiger partial charge in [-0.2, -0.15) is 0 Å². The lowest BCUT2D eigenvalue weighted by Gasteiger charge is -2.05. The predicted octanol–water partition coefficient (Wildman–Crippen LogP) is 6.85. The van der Waals surface area contributed by atoms with Crippen LogP contribution in [0, 0.1) is 6.92 Å². The maximum Gasteiger partial charge on any atom is 0.217 e. The van der Waals surface area contributed by atoms with Crippen molar-refractivity contribution in [2.24, 2.45) is 5.73 Å². The van der Waals surface area contributed by atoms with E-state index in [-0.39, 0.29) is 5.91 Å². The summed E-state index contributed by atoms with van der Waals surface area (Å²) in [7, 11) is 0. The van der Waals surface area contributed by atoms with Gasteiger partial charge in [-0.25, -0.2) is 0 Å². The number of allylic oxidation sites excluding steroid dienone is 8. The van der Waals surface area contributed by atoms with Crippen molar-refractivity contribution in [1.82, 2.24) is 0 Å². The highest BCUT2D eigenvalue weighted by molar-refractivity contribution is 5.73. The number of hydrogen-bond donors (Lipinski definition) is 2. The average Bonchev–Trinajstić information content (AvgIpc) is 2.71. The number of phenols is 1. The summed E-state index contributed by atoms with van der Waals surface area (Å²) in [5.41, 5.74) is 7.63. The first-order valence-electron chi connectivity index (χ1n) is 11.3. The van der Waals surface area contributed by atoms with Gasteiger partial charge in [-0.05, 0) is 88.0 Å². The molecule has 0 atom stereocenters. The number of aryl methyl sites for hydroxylation is 2. The number of phenolic OH excluding ortho intramolecular Hbond substituents is 1. The van der Waals surface area contributed by atoms with Crippen molar-refractivity contribution in [2.45, 2.75) is 77.6 Å². The van der Waals surface area contributed by atoms with Gasteiger partial charge in [0.1, 0.15) is 5.75 Å². The van der Waals surface area contributed by atoms with E-state index in [4.69, 9.17) is 5.73 Å². The first-order chi connectivity index (χ1) is 14.6. The lowest BCUT2D eigenvalue weighted by molar-refractivity contribution is -0.118. The molecule has 3 N–H and O–H groups in total. The molecule has 0 radical (unpaired) electrons. The molecule has 0 aliphatic rings. The van der Waals surface area contributed by atoms with Crippen LogP contribution in [0.5, 0.6) is 5.75 Å². The molecule has 1 aromatic carbocycles. The van der Waals surface area contributed by atoms with Gasteiger partial charge in [-0.15, -0.1) is 0 Å². The smallest absolute Gasteiger partial charge is 0.217 e. The first-order valence-corrected chi connectivity index (χ1v) is 11.3. The zero-order valence-corrected chi connectivity index (χ0v) is 18.6. The fourth-order valence-corrected chi connectivity index (χ4v) is 3.16. The fraction of sp³-hybridized carbons (Fsp3) is 0.444. The molecule has 0 heterocycles. The van der Waals surface area contributed by atoms with E-state index in [1.165, 1.54) is 30.4 Å². The summed E-state index contributed by atoms with van der Waals surface area (Å²) in [6.45, 7) is 2.06. The summed E-state index contributed by atoms with van der Waals surface area (Å²) in [4.78, 5) is 10.6. The van der Waals surface area contributed by atoms with Crippen LogP contribution >= 0.6 is 0 Å². The SMILES string of the molecule is Cc1cc(O)ccc1CCCCC/C=C\C/C=C\C/C=C\C/C=C\CCCC(N)=O. The molecule has 1 amide bonds. The number of aromatic hydroxyl groups is 1. The summed E-state index contributed by atoms with van der Waals surface area (Å²) < 4.78 is 0. The molecule has 0 bridgehead atoms. The van der Waals surface area contributed by atoms with Gasteiger partial charge in [-0.1, -0.05) is 61.1 Å². The number of primary amides is 1. The van der Waals surface area contributed by atoms with E-state index in [9.17, 15) is 9.90 Å². The maximum atomic E-state index is 10.6. The summed E-state index contributed by atoms with van der Waals surface area (Å²) in [6, 6.07) is 5.66. The third-order valence-corrected chi connectivity index (χ3v) is 4.92. The number of benzene rings is 1. The molecule has 164 valence electrons. The molecule has 0 saturated heterocycles. The van der Waals surface area contributed by atoms with Gasteiger partial charge in [0, 0.05) is 6.42 Å². The van der Waals surface area contributed by atoms with Crippen LogP contribution in [0.15, 0.2) is 66.8 Å². The van der Waals surface area contributed by atoms with Gasteiger partial charge in [0.15, 0.2) is 0 Å². The normalized spacial score (nSPS) is 12.2. The molecular formula is C27H39NO2. The largest absolute Gasteiger partial charge is 0.508 e. The molecule has 0 spiro atoms.